The number of para-hydroxylation sites is 1. The molecular weight excluding hydrogens is 318 g/mol. The fourth-order valence-electron chi connectivity index (χ4n) is 5.25. The molecule has 0 aromatic heterocycles. The molecule has 25 heavy (non-hydrogen) atoms. The number of benzene rings is 1. The van der Waals surface area contributed by atoms with Crippen LogP contribution in [0.15, 0.2) is 24.3 Å². The van der Waals surface area contributed by atoms with E-state index in [-0.39, 0.29) is 6.10 Å². The van der Waals surface area contributed by atoms with Gasteiger partial charge < -0.3 is 9.84 Å². The van der Waals surface area contributed by atoms with Crippen molar-refractivity contribution in [1.29, 1.82) is 0 Å². The lowest BCUT2D eigenvalue weighted by atomic mass is 9.45. The van der Waals surface area contributed by atoms with E-state index in [0.29, 0.717) is 35.3 Å². The van der Waals surface area contributed by atoms with Crippen LogP contribution in [0, 0.1) is 23.2 Å². The first-order valence-electron chi connectivity index (χ1n) is 9.11. The van der Waals surface area contributed by atoms with Crippen molar-refractivity contribution in [1.82, 2.24) is 0 Å². The summed E-state index contributed by atoms with van der Waals surface area (Å²) >= 11 is 0. The largest absolute Gasteiger partial charge is 0.480 e. The van der Waals surface area contributed by atoms with E-state index in [9.17, 15) is 14.7 Å². The topological polar surface area (TPSA) is 66.8 Å². The predicted octanol–water partition coefficient (Wildman–Crippen LogP) is 3.71. The standard InChI is InChI=1S/C20H25NO4/c1-11-14-9-13(20(14,2)3)10-17(11)25-19(24)21-15-7-5-4-6-12(15)8-16(21)18(22)23/h4-7,11,13-14,16-17H,8-10H2,1-3H3,(H,22,23)/t11-,13+,14-,16+,17-/m0/s1. The summed E-state index contributed by atoms with van der Waals surface area (Å²) < 4.78 is 5.84. The Morgan fingerprint density at radius 3 is 2.60 bits per heavy atom. The van der Waals surface area contributed by atoms with Crippen molar-refractivity contribution in [2.75, 3.05) is 4.90 Å². The fourth-order valence-corrected chi connectivity index (χ4v) is 5.25. The Morgan fingerprint density at radius 1 is 1.24 bits per heavy atom. The molecule has 5 atom stereocenters. The molecule has 1 aliphatic heterocycles. The van der Waals surface area contributed by atoms with Crippen LogP contribution in [0.3, 0.4) is 0 Å². The second kappa shape index (κ2) is 5.48. The van der Waals surface area contributed by atoms with E-state index in [4.69, 9.17) is 4.74 Å². The molecule has 2 bridgehead atoms. The zero-order valence-electron chi connectivity index (χ0n) is 14.9. The first-order valence-corrected chi connectivity index (χ1v) is 9.11. The van der Waals surface area contributed by atoms with Gasteiger partial charge in [-0.25, -0.2) is 9.59 Å². The summed E-state index contributed by atoms with van der Waals surface area (Å²) in [6.45, 7) is 6.77. The summed E-state index contributed by atoms with van der Waals surface area (Å²) in [5.41, 5.74) is 1.87. The average molecular weight is 343 g/mol. The van der Waals surface area contributed by atoms with Gasteiger partial charge in [-0.2, -0.15) is 0 Å². The van der Waals surface area contributed by atoms with Gasteiger partial charge in [0.05, 0.1) is 5.69 Å². The van der Waals surface area contributed by atoms with Crippen molar-refractivity contribution in [3.63, 3.8) is 0 Å². The molecule has 1 amide bonds. The van der Waals surface area contributed by atoms with Crippen LogP contribution < -0.4 is 4.90 Å². The van der Waals surface area contributed by atoms with Crippen LogP contribution in [0.2, 0.25) is 0 Å². The third-order valence-corrected chi connectivity index (χ3v) is 6.99. The number of aliphatic carboxylic acids is 1. The van der Waals surface area contributed by atoms with Crippen molar-refractivity contribution < 1.29 is 19.4 Å². The van der Waals surface area contributed by atoms with E-state index in [1.807, 2.05) is 18.2 Å². The number of carboxylic acids is 1. The van der Waals surface area contributed by atoms with Crippen LogP contribution in [0.4, 0.5) is 10.5 Å². The zero-order chi connectivity index (χ0) is 17.9. The van der Waals surface area contributed by atoms with Crippen LogP contribution >= 0.6 is 0 Å². The van der Waals surface area contributed by atoms with Gasteiger partial charge in [-0.3, -0.25) is 4.90 Å². The highest BCUT2D eigenvalue weighted by molar-refractivity contribution is 5.98. The van der Waals surface area contributed by atoms with Crippen LogP contribution in [-0.2, 0) is 16.0 Å². The molecule has 1 heterocycles. The minimum atomic E-state index is -0.992. The van der Waals surface area contributed by atoms with Crippen LogP contribution in [-0.4, -0.2) is 29.3 Å². The van der Waals surface area contributed by atoms with E-state index >= 15 is 0 Å². The van der Waals surface area contributed by atoms with Crippen LogP contribution in [0.1, 0.15) is 39.2 Å². The Morgan fingerprint density at radius 2 is 1.96 bits per heavy atom. The molecule has 3 saturated carbocycles. The van der Waals surface area contributed by atoms with E-state index in [2.05, 4.69) is 20.8 Å². The minimum Gasteiger partial charge on any atom is -0.480 e. The highest BCUT2D eigenvalue weighted by Crippen LogP contribution is 2.61. The van der Waals surface area contributed by atoms with Gasteiger partial charge in [0, 0.05) is 6.42 Å². The van der Waals surface area contributed by atoms with E-state index in [0.717, 1.165) is 12.0 Å². The molecule has 1 N–H and O–H groups in total. The fraction of sp³-hybridized carbons (Fsp3) is 0.600. The number of hydrogen-bond donors (Lipinski definition) is 1. The predicted molar refractivity (Wildman–Crippen MR) is 93.5 cm³/mol. The molecule has 0 spiro atoms. The number of carboxylic acid groups (broad SMARTS) is 1. The molecule has 4 aliphatic rings. The van der Waals surface area contributed by atoms with Gasteiger partial charge in [-0.1, -0.05) is 39.0 Å². The van der Waals surface area contributed by atoms with Crippen molar-refractivity contribution in [2.45, 2.75) is 52.2 Å². The Labute approximate surface area is 148 Å². The van der Waals surface area contributed by atoms with Crippen molar-refractivity contribution in [3.05, 3.63) is 29.8 Å². The number of nitrogens with zero attached hydrogens (tertiary/aromatic N) is 1. The molecule has 3 fully saturated rings. The smallest absolute Gasteiger partial charge is 0.415 e. The van der Waals surface area contributed by atoms with Gasteiger partial charge in [-0.05, 0) is 47.6 Å². The normalized spacial score (nSPS) is 34.8. The SMILES string of the molecule is C[C@@H]1[C@@H](OC(=O)N2c3ccccc3C[C@@H]2C(=O)O)C[C@H]2C[C@@H]1C2(C)C. The summed E-state index contributed by atoms with van der Waals surface area (Å²) in [6, 6.07) is 6.48. The maximum atomic E-state index is 12.9. The quantitative estimate of drug-likeness (QED) is 0.889. The monoisotopic (exact) mass is 343 g/mol. The molecule has 5 heteroatoms. The van der Waals surface area contributed by atoms with Crippen LogP contribution in [0.25, 0.3) is 0 Å². The summed E-state index contributed by atoms with van der Waals surface area (Å²) in [5, 5.41) is 9.53. The second-order valence-electron chi connectivity index (χ2n) is 8.43. The van der Waals surface area contributed by atoms with Crippen molar-refractivity contribution >= 4 is 17.7 Å². The summed E-state index contributed by atoms with van der Waals surface area (Å²) in [7, 11) is 0. The van der Waals surface area contributed by atoms with Gasteiger partial charge in [0.25, 0.3) is 0 Å². The lowest BCUT2D eigenvalue weighted by Gasteiger charge is -2.61. The Hall–Kier alpha value is -2.04. The molecule has 0 saturated heterocycles. The van der Waals surface area contributed by atoms with Gasteiger partial charge >= 0.3 is 12.1 Å². The third kappa shape index (κ3) is 2.35. The lowest BCUT2D eigenvalue weighted by molar-refractivity contribution is -0.155. The van der Waals surface area contributed by atoms with E-state index < -0.39 is 18.1 Å². The van der Waals surface area contributed by atoms with Gasteiger partial charge in [0.1, 0.15) is 12.1 Å². The highest BCUT2D eigenvalue weighted by atomic mass is 16.6. The lowest BCUT2D eigenvalue weighted by Crippen LogP contribution is -2.58. The molecule has 5 nitrogen and oxygen atoms in total. The summed E-state index contributed by atoms with van der Waals surface area (Å²) in [6.07, 6.45) is 1.79. The van der Waals surface area contributed by atoms with E-state index in [1.165, 1.54) is 11.3 Å². The number of fused-ring (bicyclic) bond motifs is 3. The molecule has 5 rings (SSSR count). The molecule has 0 radical (unpaired) electrons. The van der Waals surface area contributed by atoms with Gasteiger partial charge in [0.15, 0.2) is 0 Å². The number of ether oxygens (including phenoxy) is 1. The number of anilines is 1. The molecule has 0 unspecified atom stereocenters. The zero-order valence-corrected chi connectivity index (χ0v) is 14.9. The van der Waals surface area contributed by atoms with Crippen molar-refractivity contribution in [2.24, 2.45) is 23.2 Å². The molecule has 3 aliphatic carbocycles. The highest BCUT2D eigenvalue weighted by Gasteiger charge is 2.57. The van der Waals surface area contributed by atoms with Gasteiger partial charge in [0.2, 0.25) is 0 Å². The minimum absolute atomic E-state index is 0.119. The van der Waals surface area contributed by atoms with Crippen molar-refractivity contribution in [3.8, 4) is 0 Å². The third-order valence-electron chi connectivity index (χ3n) is 6.99. The number of carbonyl (C=O) groups is 2. The number of amides is 1. The molecule has 1 aromatic rings. The average Bonchev–Trinajstić information content (AvgIpc) is 2.96. The van der Waals surface area contributed by atoms with Crippen LogP contribution in [0.5, 0.6) is 0 Å². The molecular formula is C20H25NO4. The Bertz CT molecular complexity index is 728. The Balaban J connectivity index is 1.54. The maximum Gasteiger partial charge on any atom is 0.415 e. The Kier molecular flexibility index (Phi) is 3.60. The summed E-state index contributed by atoms with van der Waals surface area (Å²) in [5.74, 6) is 0.483. The molecule has 1 aromatic carbocycles. The number of hydrogen-bond acceptors (Lipinski definition) is 3. The molecule has 134 valence electrons. The summed E-state index contributed by atoms with van der Waals surface area (Å²) in [4.78, 5) is 25.8. The van der Waals surface area contributed by atoms with Gasteiger partial charge in [-0.15, -0.1) is 0 Å². The first kappa shape index (κ1) is 16.4. The van der Waals surface area contributed by atoms with E-state index in [1.54, 1.807) is 6.07 Å². The maximum absolute atomic E-state index is 12.9. The number of rotatable bonds is 2. The second-order valence-corrected chi connectivity index (χ2v) is 8.43. The first-order chi connectivity index (χ1) is 11.8. The number of carbonyl (C=O) groups excluding carboxylic acids is 1.